The van der Waals surface area contributed by atoms with Crippen molar-refractivity contribution in [2.24, 2.45) is 0 Å². The number of fused-ring (bicyclic) bond motifs is 1. The van der Waals surface area contributed by atoms with E-state index in [0.29, 0.717) is 49.0 Å². The first-order valence-electron chi connectivity index (χ1n) is 24.3. The molecule has 21 nitrogen and oxygen atoms in total. The van der Waals surface area contributed by atoms with Crippen LogP contribution >= 0.6 is 0 Å². The molecule has 6 amide bonds. The van der Waals surface area contributed by atoms with E-state index in [-0.39, 0.29) is 50.9 Å². The molecular formula is C51H69N7O14S. The number of hydrogen-bond donors (Lipinski definition) is 9. The lowest BCUT2D eigenvalue weighted by Gasteiger charge is -2.26. The van der Waals surface area contributed by atoms with Crippen molar-refractivity contribution >= 4 is 62.9 Å². The van der Waals surface area contributed by atoms with Crippen LogP contribution in [0.25, 0.3) is 10.9 Å². The first kappa shape index (κ1) is 58.4. The fourth-order valence-electron chi connectivity index (χ4n) is 7.64. The molecule has 0 radical (unpaired) electrons. The van der Waals surface area contributed by atoms with Gasteiger partial charge in [-0.25, -0.2) is 4.79 Å². The van der Waals surface area contributed by atoms with E-state index in [1.165, 1.54) is 24.3 Å². The summed E-state index contributed by atoms with van der Waals surface area (Å²) in [5, 5.41) is 26.5. The molecule has 0 saturated heterocycles. The molecule has 4 rings (SSSR count). The van der Waals surface area contributed by atoms with Gasteiger partial charge in [-0.3, -0.25) is 33.3 Å². The lowest BCUT2D eigenvalue weighted by atomic mass is 10.0. The van der Waals surface area contributed by atoms with Gasteiger partial charge in [-0.1, -0.05) is 88.1 Å². The van der Waals surface area contributed by atoms with Gasteiger partial charge >= 0.3 is 22.5 Å². The molecule has 1 heterocycles. The minimum absolute atomic E-state index is 0.0296. The normalized spacial score (nSPS) is 13.5. The fraction of sp³-hybridized carbons (Fsp3) is 0.471. The second-order valence-electron chi connectivity index (χ2n) is 18.5. The minimum Gasteiger partial charge on any atom is -0.494 e. The van der Waals surface area contributed by atoms with Gasteiger partial charge in [-0.05, 0) is 87.9 Å². The minimum atomic E-state index is -4.80. The third kappa shape index (κ3) is 21.6. The van der Waals surface area contributed by atoms with Crippen molar-refractivity contribution in [1.29, 1.82) is 0 Å². The van der Waals surface area contributed by atoms with Crippen LogP contribution in [-0.4, -0.2) is 114 Å². The van der Waals surface area contributed by atoms with Gasteiger partial charge in [0, 0.05) is 36.0 Å². The Morgan fingerprint density at radius 1 is 0.658 bits per heavy atom. The molecule has 0 fully saturated rings. The van der Waals surface area contributed by atoms with Crippen LogP contribution in [0.3, 0.4) is 0 Å². The predicted octanol–water partition coefficient (Wildman–Crippen LogP) is 4.80. The van der Waals surface area contributed by atoms with Crippen LogP contribution in [0.4, 0.5) is 4.79 Å². The van der Waals surface area contributed by atoms with Crippen LogP contribution in [-0.2, 0) is 56.7 Å². The second-order valence-corrected chi connectivity index (χ2v) is 19.5. The molecule has 398 valence electrons. The van der Waals surface area contributed by atoms with E-state index in [2.05, 4.69) is 41.1 Å². The lowest BCUT2D eigenvalue weighted by molar-refractivity contribution is -0.138. The maximum Gasteiger partial charge on any atom is 0.446 e. The number of para-hydroxylation sites is 2. The topological polar surface area (TPSA) is 310 Å². The molecule has 0 bridgehead atoms. The maximum atomic E-state index is 14.3. The highest BCUT2D eigenvalue weighted by atomic mass is 32.3. The number of nitrogens with one attached hydrogen (secondary N) is 7. The fourth-order valence-corrected chi connectivity index (χ4v) is 7.99. The molecule has 22 heteroatoms. The number of aromatic nitrogens is 1. The molecule has 0 aliphatic rings. The molecule has 4 aromatic rings. The number of hydrogen-bond acceptors (Lipinski definition) is 12. The van der Waals surface area contributed by atoms with Crippen molar-refractivity contribution in [3.8, 4) is 11.5 Å². The number of benzene rings is 3. The molecule has 73 heavy (non-hydrogen) atoms. The van der Waals surface area contributed by atoms with Crippen LogP contribution in [0.5, 0.6) is 11.5 Å². The summed E-state index contributed by atoms with van der Waals surface area (Å²) >= 11 is 0. The van der Waals surface area contributed by atoms with Gasteiger partial charge in [0.1, 0.15) is 41.3 Å². The van der Waals surface area contributed by atoms with Crippen LogP contribution in [0.1, 0.15) is 104 Å². The van der Waals surface area contributed by atoms with Crippen molar-refractivity contribution in [1.82, 2.24) is 36.9 Å². The summed E-state index contributed by atoms with van der Waals surface area (Å²) < 4.78 is 47.0. The SMILES string of the molecule is CCCC[C@H](NC(=O)[C@H](Cc1ccc(OS(=O)(=O)O)cc1)NC(=O)OC(C)(C)C)C(=O)NCC(=O)N[C@@H](Cc1c[nH]c2ccccc12)C(=O)N[C@@H](CCCC)C(=O)N[C@H](CCCOc1ccccc1)CC(=O)O. The summed E-state index contributed by atoms with van der Waals surface area (Å²) in [5.74, 6) is -4.26. The molecule has 0 aliphatic heterocycles. The number of unbranched alkanes of at least 4 members (excludes halogenated alkanes) is 2. The number of carboxylic acid groups (broad SMARTS) is 1. The summed E-state index contributed by atoms with van der Waals surface area (Å²) in [4.78, 5) is 97.6. The monoisotopic (exact) mass is 1040 g/mol. The van der Waals surface area contributed by atoms with Crippen molar-refractivity contribution in [3.05, 3.63) is 96.2 Å². The smallest absolute Gasteiger partial charge is 0.446 e. The van der Waals surface area contributed by atoms with Crippen molar-refractivity contribution in [2.45, 2.75) is 141 Å². The quantitative estimate of drug-likeness (QED) is 0.0251. The van der Waals surface area contributed by atoms with Crippen LogP contribution in [0, 0.1) is 0 Å². The number of amides is 6. The van der Waals surface area contributed by atoms with E-state index in [0.717, 1.165) is 10.9 Å². The number of H-pyrrole nitrogens is 1. The third-order valence-electron chi connectivity index (χ3n) is 11.2. The van der Waals surface area contributed by atoms with Gasteiger partial charge in [0.05, 0.1) is 19.6 Å². The van der Waals surface area contributed by atoms with E-state index >= 15 is 0 Å². The van der Waals surface area contributed by atoms with Crippen molar-refractivity contribution in [3.63, 3.8) is 0 Å². The van der Waals surface area contributed by atoms with E-state index in [1.807, 2.05) is 56.3 Å². The molecule has 0 saturated carbocycles. The van der Waals surface area contributed by atoms with Crippen molar-refractivity contribution < 1.29 is 65.3 Å². The Balaban J connectivity index is 1.49. The zero-order valence-electron chi connectivity index (χ0n) is 41.9. The number of aliphatic carboxylic acids is 1. The highest BCUT2D eigenvalue weighted by Crippen LogP contribution is 2.20. The van der Waals surface area contributed by atoms with Gasteiger partial charge in [-0.15, -0.1) is 0 Å². The van der Waals surface area contributed by atoms with E-state index < -0.39 is 94.4 Å². The van der Waals surface area contributed by atoms with Gasteiger partial charge in [0.2, 0.25) is 29.5 Å². The number of carbonyl (C=O) groups excluding carboxylic acids is 6. The Hall–Kier alpha value is -7.20. The molecule has 9 N–H and O–H groups in total. The zero-order chi connectivity index (χ0) is 53.6. The van der Waals surface area contributed by atoms with Crippen molar-refractivity contribution in [2.75, 3.05) is 13.2 Å². The summed E-state index contributed by atoms with van der Waals surface area (Å²) in [5.41, 5.74) is 0.947. The highest BCUT2D eigenvalue weighted by Gasteiger charge is 2.32. The molecule has 0 aliphatic carbocycles. The molecule has 0 spiro atoms. The number of carbonyl (C=O) groups is 7. The predicted molar refractivity (Wildman–Crippen MR) is 271 cm³/mol. The van der Waals surface area contributed by atoms with Gasteiger partial charge < -0.3 is 55.6 Å². The standard InChI is InChI=1S/C51H69N7O14S/c1-6-8-20-40(56-48(64)42(58-50(66)71-51(3,4)5)28-33-23-25-37(26-24-33)72-73(67,68)69)46(62)53-32-44(59)55-43(29-34-31-52-39-22-14-13-19-38(34)39)49(65)57-41(21-9-7-2)47(63)54-35(30-45(60)61)16-15-27-70-36-17-11-10-12-18-36/h10-14,17-19,22-26,31,35,40-43,52H,6-9,15-16,20-21,27-30,32H2,1-5H3,(H,53,62)(H,54,63)(H,55,59)(H,56,64)(H,57,65)(H,58,66)(H,60,61)(H,67,68,69)/t35-,40+,41+,42+,43+/m1/s1. The Labute approximate surface area is 425 Å². The summed E-state index contributed by atoms with van der Waals surface area (Å²) in [6, 6.07) is 16.1. The zero-order valence-corrected chi connectivity index (χ0v) is 42.7. The molecular weight excluding hydrogens is 967 g/mol. The number of rotatable bonds is 30. The number of ether oxygens (including phenoxy) is 2. The molecule has 3 aromatic carbocycles. The summed E-state index contributed by atoms with van der Waals surface area (Å²) in [7, 11) is -4.80. The molecule has 0 unspecified atom stereocenters. The van der Waals surface area contributed by atoms with E-state index in [1.54, 1.807) is 39.1 Å². The van der Waals surface area contributed by atoms with E-state index in [4.69, 9.17) is 14.0 Å². The third-order valence-corrected chi connectivity index (χ3v) is 11.6. The molecule has 5 atom stereocenters. The number of aromatic amines is 1. The Bertz CT molecular complexity index is 2570. The van der Waals surface area contributed by atoms with Gasteiger partial charge in [-0.2, -0.15) is 8.42 Å². The first-order chi connectivity index (χ1) is 34.6. The van der Waals surface area contributed by atoms with Gasteiger partial charge in [0.15, 0.2) is 0 Å². The Morgan fingerprint density at radius 3 is 1.85 bits per heavy atom. The van der Waals surface area contributed by atoms with E-state index in [9.17, 15) is 47.1 Å². The Morgan fingerprint density at radius 2 is 1.25 bits per heavy atom. The lowest BCUT2D eigenvalue weighted by Crippen LogP contribution is -2.57. The number of carboxylic acids is 1. The first-order valence-corrected chi connectivity index (χ1v) is 25.7. The van der Waals surface area contributed by atoms with Gasteiger partial charge in [0.25, 0.3) is 0 Å². The number of alkyl carbamates (subject to hydrolysis) is 1. The highest BCUT2D eigenvalue weighted by molar-refractivity contribution is 7.81. The van der Waals surface area contributed by atoms with Crippen LogP contribution < -0.4 is 40.8 Å². The average Bonchev–Trinajstić information content (AvgIpc) is 3.73. The van der Waals surface area contributed by atoms with Crippen LogP contribution in [0.15, 0.2) is 85.1 Å². The maximum absolute atomic E-state index is 14.3. The largest absolute Gasteiger partial charge is 0.494 e. The summed E-state index contributed by atoms with van der Waals surface area (Å²) in [6.45, 7) is 8.33. The molecule has 1 aromatic heterocycles. The average molecular weight is 1040 g/mol. The summed E-state index contributed by atoms with van der Waals surface area (Å²) in [6.07, 6.45) is 3.61. The Kier molecular flexibility index (Phi) is 23.0. The second kappa shape index (κ2) is 28.7. The van der Waals surface area contributed by atoms with Crippen LogP contribution in [0.2, 0.25) is 0 Å².